The van der Waals surface area contributed by atoms with Crippen LogP contribution in [0.25, 0.3) is 0 Å². The van der Waals surface area contributed by atoms with E-state index in [9.17, 15) is 4.79 Å². The second kappa shape index (κ2) is 3.62. The number of aliphatic carboxylic acids is 1. The Morgan fingerprint density at radius 3 is 2.17 bits per heavy atom. The molecule has 1 saturated carbocycles. The zero-order chi connectivity index (χ0) is 7.84. The van der Waals surface area contributed by atoms with Crippen molar-refractivity contribution in [2.45, 2.75) is 12.8 Å². The molecule has 2 fully saturated rings. The molecule has 0 aromatic rings. The number of carboxylic acid groups (broad SMARTS) is 1. The van der Waals surface area contributed by atoms with Crippen molar-refractivity contribution in [1.82, 2.24) is 5.32 Å². The van der Waals surface area contributed by atoms with Crippen LogP contribution in [0.5, 0.6) is 0 Å². The zero-order valence-corrected chi connectivity index (χ0v) is 7.64. The van der Waals surface area contributed by atoms with Gasteiger partial charge in [-0.25, -0.2) is 0 Å². The van der Waals surface area contributed by atoms with E-state index in [1.807, 2.05) is 0 Å². The van der Waals surface area contributed by atoms with E-state index in [0.29, 0.717) is 5.92 Å². The lowest BCUT2D eigenvalue weighted by Gasteiger charge is -2.43. The minimum atomic E-state index is -0.603. The lowest BCUT2D eigenvalue weighted by molar-refractivity contribution is -0.147. The van der Waals surface area contributed by atoms with Gasteiger partial charge in [0.15, 0.2) is 0 Å². The molecule has 0 amide bonds. The minimum Gasteiger partial charge on any atom is -0.481 e. The number of carboxylic acids is 1. The van der Waals surface area contributed by atoms with Gasteiger partial charge in [-0.05, 0) is 37.8 Å². The van der Waals surface area contributed by atoms with E-state index in [0.717, 1.165) is 31.8 Å². The van der Waals surface area contributed by atoms with Gasteiger partial charge in [-0.3, -0.25) is 4.79 Å². The van der Waals surface area contributed by atoms with Crippen molar-refractivity contribution in [3.63, 3.8) is 0 Å². The van der Waals surface area contributed by atoms with Gasteiger partial charge in [-0.15, -0.1) is 12.4 Å². The fourth-order valence-electron chi connectivity index (χ4n) is 1.89. The summed E-state index contributed by atoms with van der Waals surface area (Å²) in [6, 6.07) is 0. The first-order chi connectivity index (χ1) is 5.27. The molecule has 4 heteroatoms. The molecule has 2 rings (SSSR count). The van der Waals surface area contributed by atoms with Crippen molar-refractivity contribution < 1.29 is 9.90 Å². The van der Waals surface area contributed by atoms with Crippen LogP contribution in [0.4, 0.5) is 0 Å². The monoisotopic (exact) mass is 191 g/mol. The van der Waals surface area contributed by atoms with Crippen LogP contribution < -0.4 is 5.32 Å². The SMILES string of the molecule is Cl.O=C(O)C1CC(C2CNC2)C1. The van der Waals surface area contributed by atoms with Crippen LogP contribution in [0.3, 0.4) is 0 Å². The number of hydrogen-bond acceptors (Lipinski definition) is 2. The topological polar surface area (TPSA) is 49.3 Å². The van der Waals surface area contributed by atoms with Crippen molar-refractivity contribution in [2.24, 2.45) is 17.8 Å². The molecular weight excluding hydrogens is 178 g/mol. The van der Waals surface area contributed by atoms with Gasteiger partial charge < -0.3 is 10.4 Å². The molecule has 0 unspecified atom stereocenters. The van der Waals surface area contributed by atoms with Gasteiger partial charge in [-0.2, -0.15) is 0 Å². The van der Waals surface area contributed by atoms with Gasteiger partial charge >= 0.3 is 5.97 Å². The van der Waals surface area contributed by atoms with Crippen LogP contribution in [0.1, 0.15) is 12.8 Å². The zero-order valence-electron chi connectivity index (χ0n) is 6.82. The molecule has 2 aliphatic rings. The highest BCUT2D eigenvalue weighted by Gasteiger charge is 2.40. The Morgan fingerprint density at radius 1 is 1.25 bits per heavy atom. The lowest BCUT2D eigenvalue weighted by Crippen LogP contribution is -2.50. The summed E-state index contributed by atoms with van der Waals surface area (Å²) in [6.07, 6.45) is 1.84. The summed E-state index contributed by atoms with van der Waals surface area (Å²) in [5, 5.41) is 11.8. The van der Waals surface area contributed by atoms with Gasteiger partial charge in [0.25, 0.3) is 0 Å². The Hall–Kier alpha value is -0.280. The molecule has 2 N–H and O–H groups in total. The van der Waals surface area contributed by atoms with Crippen molar-refractivity contribution >= 4 is 18.4 Å². The molecule has 1 aliphatic heterocycles. The van der Waals surface area contributed by atoms with E-state index in [2.05, 4.69) is 5.32 Å². The lowest BCUT2D eigenvalue weighted by atomic mass is 9.67. The molecule has 12 heavy (non-hydrogen) atoms. The van der Waals surface area contributed by atoms with Crippen LogP contribution in [0, 0.1) is 17.8 Å². The third-order valence-corrected chi connectivity index (χ3v) is 3.00. The molecule has 0 aromatic carbocycles. The molecule has 1 aliphatic carbocycles. The van der Waals surface area contributed by atoms with E-state index in [4.69, 9.17) is 5.11 Å². The third kappa shape index (κ3) is 1.57. The third-order valence-electron chi connectivity index (χ3n) is 3.00. The highest BCUT2D eigenvalue weighted by molar-refractivity contribution is 5.85. The highest BCUT2D eigenvalue weighted by Crippen LogP contribution is 2.40. The maximum absolute atomic E-state index is 10.4. The predicted octanol–water partition coefficient (Wildman–Crippen LogP) is 0.738. The molecule has 0 bridgehead atoms. The number of carbonyl (C=O) groups is 1. The van der Waals surface area contributed by atoms with Crippen LogP contribution in [0.2, 0.25) is 0 Å². The predicted molar refractivity (Wildman–Crippen MR) is 47.5 cm³/mol. The normalized spacial score (nSPS) is 34.3. The van der Waals surface area contributed by atoms with Crippen LogP contribution in [0.15, 0.2) is 0 Å². The van der Waals surface area contributed by atoms with E-state index < -0.39 is 5.97 Å². The first kappa shape index (κ1) is 9.81. The Bertz CT molecular complexity index is 176. The summed E-state index contributed by atoms with van der Waals surface area (Å²) in [7, 11) is 0. The Morgan fingerprint density at radius 2 is 1.83 bits per heavy atom. The standard InChI is InChI=1S/C8H13NO2.ClH/c10-8(11)6-1-5(2-6)7-3-9-4-7;/h5-7,9H,1-4H2,(H,10,11);1H. The highest BCUT2D eigenvalue weighted by atomic mass is 35.5. The van der Waals surface area contributed by atoms with Crippen molar-refractivity contribution in [3.05, 3.63) is 0 Å². The average molecular weight is 192 g/mol. The van der Waals surface area contributed by atoms with Gasteiger partial charge in [-0.1, -0.05) is 0 Å². The summed E-state index contributed by atoms with van der Waals surface area (Å²) in [5.41, 5.74) is 0. The summed E-state index contributed by atoms with van der Waals surface area (Å²) in [6.45, 7) is 2.22. The molecule has 1 heterocycles. The molecular formula is C8H14ClNO2. The van der Waals surface area contributed by atoms with Crippen LogP contribution in [-0.4, -0.2) is 24.2 Å². The maximum atomic E-state index is 10.4. The van der Waals surface area contributed by atoms with Crippen molar-refractivity contribution in [1.29, 1.82) is 0 Å². The molecule has 70 valence electrons. The summed E-state index contributed by atoms with van der Waals surface area (Å²) in [5.74, 6) is 0.858. The molecule has 0 spiro atoms. The van der Waals surface area contributed by atoms with E-state index in [1.165, 1.54) is 0 Å². The van der Waals surface area contributed by atoms with Gasteiger partial charge in [0.2, 0.25) is 0 Å². The average Bonchev–Trinajstić information content (AvgIpc) is 1.70. The number of hydrogen-bond donors (Lipinski definition) is 2. The number of halogens is 1. The fraction of sp³-hybridized carbons (Fsp3) is 0.875. The Labute approximate surface area is 77.9 Å². The largest absolute Gasteiger partial charge is 0.481 e. The minimum absolute atomic E-state index is 0. The van der Waals surface area contributed by atoms with Gasteiger partial charge in [0.05, 0.1) is 5.92 Å². The molecule has 0 radical (unpaired) electrons. The quantitative estimate of drug-likeness (QED) is 0.677. The van der Waals surface area contributed by atoms with Crippen molar-refractivity contribution in [2.75, 3.05) is 13.1 Å². The van der Waals surface area contributed by atoms with E-state index in [-0.39, 0.29) is 18.3 Å². The van der Waals surface area contributed by atoms with Gasteiger partial charge in [0.1, 0.15) is 0 Å². The summed E-state index contributed by atoms with van der Waals surface area (Å²) in [4.78, 5) is 10.4. The summed E-state index contributed by atoms with van der Waals surface area (Å²) >= 11 is 0. The van der Waals surface area contributed by atoms with E-state index >= 15 is 0 Å². The molecule has 3 nitrogen and oxygen atoms in total. The molecule has 0 atom stereocenters. The first-order valence-corrected chi connectivity index (χ1v) is 4.21. The van der Waals surface area contributed by atoms with Crippen LogP contribution >= 0.6 is 12.4 Å². The Kier molecular flexibility index (Phi) is 2.96. The van der Waals surface area contributed by atoms with Gasteiger partial charge in [0, 0.05) is 0 Å². The fourth-order valence-corrected chi connectivity index (χ4v) is 1.89. The number of rotatable bonds is 2. The maximum Gasteiger partial charge on any atom is 0.306 e. The number of nitrogens with one attached hydrogen (secondary N) is 1. The molecule has 1 saturated heterocycles. The molecule has 0 aromatic heterocycles. The second-order valence-corrected chi connectivity index (χ2v) is 3.68. The smallest absolute Gasteiger partial charge is 0.306 e. The van der Waals surface area contributed by atoms with E-state index in [1.54, 1.807) is 0 Å². The van der Waals surface area contributed by atoms with Crippen molar-refractivity contribution in [3.8, 4) is 0 Å². The van der Waals surface area contributed by atoms with Crippen LogP contribution in [-0.2, 0) is 4.79 Å². The first-order valence-electron chi connectivity index (χ1n) is 4.21. The summed E-state index contributed by atoms with van der Waals surface area (Å²) < 4.78 is 0. The Balaban J connectivity index is 0.000000720. The second-order valence-electron chi connectivity index (χ2n) is 3.68.